The van der Waals surface area contributed by atoms with Crippen LogP contribution in [0.25, 0.3) is 0 Å². The van der Waals surface area contributed by atoms with Gasteiger partial charge in [0.1, 0.15) is 0 Å². The van der Waals surface area contributed by atoms with E-state index in [9.17, 15) is 0 Å². The van der Waals surface area contributed by atoms with E-state index in [1.807, 2.05) is 12.1 Å². The van der Waals surface area contributed by atoms with Crippen LogP contribution in [-0.4, -0.2) is 43.2 Å². The van der Waals surface area contributed by atoms with E-state index in [4.69, 9.17) is 4.74 Å². The van der Waals surface area contributed by atoms with E-state index < -0.39 is 0 Å². The number of rotatable bonds is 5. The molecule has 0 radical (unpaired) electrons. The van der Waals surface area contributed by atoms with Crippen LogP contribution in [-0.2, 0) is 0 Å². The van der Waals surface area contributed by atoms with Gasteiger partial charge in [-0.1, -0.05) is 6.92 Å². The SMILES string of the molecule is CCN1CCC(CNc2ccnc(OC)c2)CC1. The van der Waals surface area contributed by atoms with Crippen molar-refractivity contribution < 1.29 is 4.74 Å². The maximum atomic E-state index is 5.12. The molecule has 2 rings (SSSR count). The Morgan fingerprint density at radius 3 is 2.89 bits per heavy atom. The Kier molecular flexibility index (Phi) is 4.81. The van der Waals surface area contributed by atoms with Gasteiger partial charge in [0.25, 0.3) is 0 Å². The third-order valence-corrected chi connectivity index (χ3v) is 3.69. The maximum Gasteiger partial charge on any atom is 0.214 e. The summed E-state index contributed by atoms with van der Waals surface area (Å²) in [5, 5.41) is 3.48. The van der Waals surface area contributed by atoms with E-state index in [1.54, 1.807) is 13.3 Å². The van der Waals surface area contributed by atoms with E-state index in [-0.39, 0.29) is 0 Å². The number of anilines is 1. The number of ether oxygens (including phenoxy) is 1. The number of hydrogen-bond donors (Lipinski definition) is 1. The van der Waals surface area contributed by atoms with Crippen molar-refractivity contribution in [3.63, 3.8) is 0 Å². The summed E-state index contributed by atoms with van der Waals surface area (Å²) in [6, 6.07) is 3.94. The number of methoxy groups -OCH3 is 1. The zero-order valence-electron chi connectivity index (χ0n) is 11.4. The minimum Gasteiger partial charge on any atom is -0.481 e. The molecule has 2 heterocycles. The fourth-order valence-corrected chi connectivity index (χ4v) is 2.40. The van der Waals surface area contributed by atoms with Crippen LogP contribution in [0.2, 0.25) is 0 Å². The van der Waals surface area contributed by atoms with E-state index >= 15 is 0 Å². The van der Waals surface area contributed by atoms with Gasteiger partial charge in [0.05, 0.1) is 7.11 Å². The number of hydrogen-bond acceptors (Lipinski definition) is 4. The fraction of sp³-hybridized carbons (Fsp3) is 0.643. The molecule has 4 nitrogen and oxygen atoms in total. The molecular weight excluding hydrogens is 226 g/mol. The first-order valence-corrected chi connectivity index (χ1v) is 6.78. The van der Waals surface area contributed by atoms with Gasteiger partial charge in [-0.3, -0.25) is 0 Å². The predicted molar refractivity (Wildman–Crippen MR) is 74.1 cm³/mol. The van der Waals surface area contributed by atoms with Crippen molar-refractivity contribution in [2.45, 2.75) is 19.8 Å². The summed E-state index contributed by atoms with van der Waals surface area (Å²) >= 11 is 0. The highest BCUT2D eigenvalue weighted by Gasteiger charge is 2.17. The van der Waals surface area contributed by atoms with Gasteiger partial charge < -0.3 is 15.0 Å². The molecule has 0 atom stereocenters. The Hall–Kier alpha value is -1.29. The zero-order valence-corrected chi connectivity index (χ0v) is 11.4. The Bertz CT molecular complexity index is 362. The lowest BCUT2D eigenvalue weighted by Crippen LogP contribution is -2.35. The number of nitrogens with zero attached hydrogens (tertiary/aromatic N) is 2. The summed E-state index contributed by atoms with van der Waals surface area (Å²) < 4.78 is 5.12. The van der Waals surface area contributed by atoms with Gasteiger partial charge in [-0.15, -0.1) is 0 Å². The van der Waals surface area contributed by atoms with Crippen LogP contribution in [0.3, 0.4) is 0 Å². The molecule has 0 unspecified atom stereocenters. The van der Waals surface area contributed by atoms with Gasteiger partial charge in [-0.2, -0.15) is 0 Å². The monoisotopic (exact) mass is 249 g/mol. The highest BCUT2D eigenvalue weighted by atomic mass is 16.5. The molecule has 1 fully saturated rings. The number of aromatic nitrogens is 1. The number of piperidine rings is 1. The van der Waals surface area contributed by atoms with E-state index in [1.165, 1.54) is 32.5 Å². The Morgan fingerprint density at radius 2 is 2.22 bits per heavy atom. The van der Waals surface area contributed by atoms with Gasteiger partial charge in [0.2, 0.25) is 5.88 Å². The smallest absolute Gasteiger partial charge is 0.214 e. The molecule has 1 aromatic rings. The molecule has 0 spiro atoms. The van der Waals surface area contributed by atoms with Crippen molar-refractivity contribution in [2.75, 3.05) is 38.6 Å². The molecule has 18 heavy (non-hydrogen) atoms. The standard InChI is InChI=1S/C14H23N3O/c1-3-17-8-5-12(6-9-17)11-16-13-4-7-15-14(10-13)18-2/h4,7,10,12H,3,5-6,8-9,11H2,1-2H3,(H,15,16). The Labute approximate surface area is 109 Å². The third kappa shape index (κ3) is 3.60. The molecule has 1 aliphatic heterocycles. The van der Waals surface area contributed by atoms with Gasteiger partial charge in [0, 0.05) is 24.5 Å². The fourth-order valence-electron chi connectivity index (χ4n) is 2.40. The minimum absolute atomic E-state index is 0.667. The summed E-state index contributed by atoms with van der Waals surface area (Å²) in [5.74, 6) is 1.45. The molecule has 4 heteroatoms. The van der Waals surface area contributed by atoms with E-state index in [2.05, 4.69) is 22.1 Å². The average Bonchev–Trinajstić information content (AvgIpc) is 2.46. The molecule has 100 valence electrons. The van der Waals surface area contributed by atoms with Crippen molar-refractivity contribution in [2.24, 2.45) is 5.92 Å². The molecule has 0 aliphatic carbocycles. The third-order valence-electron chi connectivity index (χ3n) is 3.69. The van der Waals surface area contributed by atoms with Crippen LogP contribution in [0.4, 0.5) is 5.69 Å². The molecule has 1 saturated heterocycles. The average molecular weight is 249 g/mol. The van der Waals surface area contributed by atoms with Crippen molar-refractivity contribution in [3.8, 4) is 5.88 Å². The maximum absolute atomic E-state index is 5.12. The first kappa shape index (κ1) is 13.1. The molecule has 0 bridgehead atoms. The van der Waals surface area contributed by atoms with Crippen LogP contribution < -0.4 is 10.1 Å². The summed E-state index contributed by atoms with van der Waals surface area (Å²) in [6.07, 6.45) is 4.37. The van der Waals surface area contributed by atoms with Crippen LogP contribution >= 0.6 is 0 Å². The van der Waals surface area contributed by atoms with Crippen molar-refractivity contribution in [3.05, 3.63) is 18.3 Å². The molecule has 1 N–H and O–H groups in total. The molecule has 0 aromatic carbocycles. The van der Waals surface area contributed by atoms with E-state index in [0.717, 1.165) is 18.2 Å². The highest BCUT2D eigenvalue weighted by molar-refractivity contribution is 5.44. The summed E-state index contributed by atoms with van der Waals surface area (Å²) in [4.78, 5) is 6.62. The zero-order chi connectivity index (χ0) is 12.8. The van der Waals surface area contributed by atoms with Gasteiger partial charge >= 0.3 is 0 Å². The van der Waals surface area contributed by atoms with Gasteiger partial charge in [0.15, 0.2) is 0 Å². The quantitative estimate of drug-likeness (QED) is 0.868. The van der Waals surface area contributed by atoms with E-state index in [0.29, 0.717) is 5.88 Å². The molecule has 1 aliphatic rings. The van der Waals surface area contributed by atoms with Crippen LogP contribution in [0.1, 0.15) is 19.8 Å². The van der Waals surface area contributed by atoms with Crippen molar-refractivity contribution in [1.29, 1.82) is 0 Å². The first-order chi connectivity index (χ1) is 8.81. The minimum atomic E-state index is 0.667. The van der Waals surface area contributed by atoms with Crippen LogP contribution in [0.15, 0.2) is 18.3 Å². The Morgan fingerprint density at radius 1 is 1.44 bits per heavy atom. The first-order valence-electron chi connectivity index (χ1n) is 6.78. The largest absolute Gasteiger partial charge is 0.481 e. The summed E-state index contributed by atoms with van der Waals surface area (Å²) in [6.45, 7) is 6.94. The number of likely N-dealkylation sites (tertiary alicyclic amines) is 1. The van der Waals surface area contributed by atoms with Crippen LogP contribution in [0.5, 0.6) is 5.88 Å². The summed E-state index contributed by atoms with van der Waals surface area (Å²) in [7, 11) is 1.65. The van der Waals surface area contributed by atoms with Crippen LogP contribution in [0, 0.1) is 5.92 Å². The van der Waals surface area contributed by atoms with Gasteiger partial charge in [-0.05, 0) is 44.5 Å². The normalized spacial score (nSPS) is 17.7. The second-order valence-corrected chi connectivity index (χ2v) is 4.85. The van der Waals surface area contributed by atoms with Crippen molar-refractivity contribution >= 4 is 5.69 Å². The second kappa shape index (κ2) is 6.59. The summed E-state index contributed by atoms with van der Waals surface area (Å²) in [5.41, 5.74) is 1.10. The highest BCUT2D eigenvalue weighted by Crippen LogP contribution is 2.19. The second-order valence-electron chi connectivity index (χ2n) is 4.85. The Balaban J connectivity index is 1.77. The topological polar surface area (TPSA) is 37.4 Å². The molecule has 0 amide bonds. The predicted octanol–water partition coefficient (Wildman–Crippen LogP) is 2.23. The number of nitrogens with one attached hydrogen (secondary N) is 1. The molecule has 0 saturated carbocycles. The lowest BCUT2D eigenvalue weighted by atomic mass is 9.97. The molecular formula is C14H23N3O. The number of pyridine rings is 1. The van der Waals surface area contributed by atoms with Gasteiger partial charge in [-0.25, -0.2) is 4.98 Å². The lowest BCUT2D eigenvalue weighted by molar-refractivity contribution is 0.198. The molecule has 1 aromatic heterocycles. The van der Waals surface area contributed by atoms with Crippen molar-refractivity contribution in [1.82, 2.24) is 9.88 Å². The lowest BCUT2D eigenvalue weighted by Gasteiger charge is -2.31.